The Hall–Kier alpha value is -2.89. The number of carbonyl (C=O) groups is 2. The molecule has 0 spiro atoms. The Morgan fingerprint density at radius 3 is 2.58 bits per heavy atom. The Morgan fingerprint density at radius 2 is 1.96 bits per heavy atom. The molecular formula is C20H23FN2O3. The summed E-state index contributed by atoms with van der Waals surface area (Å²) in [5.41, 5.74) is 1.42. The number of rotatable bonds is 6. The van der Waals surface area contributed by atoms with Gasteiger partial charge in [0.25, 0.3) is 5.91 Å². The van der Waals surface area contributed by atoms with Crippen LogP contribution in [0.4, 0.5) is 4.39 Å². The highest BCUT2D eigenvalue weighted by Gasteiger charge is 2.20. The van der Waals surface area contributed by atoms with Crippen molar-refractivity contribution in [2.24, 2.45) is 0 Å². The van der Waals surface area contributed by atoms with Crippen LogP contribution >= 0.6 is 0 Å². The smallest absolute Gasteiger partial charge is 0.253 e. The van der Waals surface area contributed by atoms with Crippen LogP contribution in [0.1, 0.15) is 23.7 Å². The van der Waals surface area contributed by atoms with Crippen LogP contribution < -0.4 is 10.1 Å². The van der Waals surface area contributed by atoms with Gasteiger partial charge in [-0.25, -0.2) is 4.39 Å². The highest BCUT2D eigenvalue weighted by molar-refractivity contribution is 5.95. The van der Waals surface area contributed by atoms with Crippen LogP contribution in [0.2, 0.25) is 0 Å². The molecular weight excluding hydrogens is 335 g/mol. The molecule has 1 atom stereocenters. The molecule has 1 N–H and O–H groups in total. The Morgan fingerprint density at radius 1 is 1.23 bits per heavy atom. The molecule has 2 amide bonds. The number of carbonyl (C=O) groups excluding carboxylic acids is 2. The maximum Gasteiger partial charge on any atom is 0.253 e. The molecule has 2 rings (SSSR count). The molecule has 0 fully saturated rings. The molecule has 0 saturated carbocycles. The maximum atomic E-state index is 14.3. The van der Waals surface area contributed by atoms with Crippen molar-refractivity contribution in [2.45, 2.75) is 19.4 Å². The summed E-state index contributed by atoms with van der Waals surface area (Å²) in [5.74, 6) is -0.347. The van der Waals surface area contributed by atoms with Crippen LogP contribution in [0.25, 0.3) is 11.1 Å². The van der Waals surface area contributed by atoms with E-state index < -0.39 is 5.82 Å². The molecule has 5 nitrogen and oxygen atoms in total. The lowest BCUT2D eigenvalue weighted by Crippen LogP contribution is -2.38. The van der Waals surface area contributed by atoms with Gasteiger partial charge in [0.2, 0.25) is 5.91 Å². The SMILES string of the molecule is CNC(=O)CC(C)N(C)C(=O)c1cccc(-c2ccc(OC)cc2F)c1. The summed E-state index contributed by atoms with van der Waals surface area (Å²) in [7, 11) is 4.68. The molecule has 0 radical (unpaired) electrons. The molecule has 0 saturated heterocycles. The van der Waals surface area contributed by atoms with E-state index in [2.05, 4.69) is 5.32 Å². The molecule has 0 aromatic heterocycles. The zero-order valence-electron chi connectivity index (χ0n) is 15.4. The minimum absolute atomic E-state index is 0.133. The average Bonchev–Trinajstić information content (AvgIpc) is 2.66. The molecule has 2 aromatic rings. The van der Waals surface area contributed by atoms with Gasteiger partial charge in [-0.2, -0.15) is 0 Å². The number of ether oxygens (including phenoxy) is 1. The van der Waals surface area contributed by atoms with Gasteiger partial charge in [-0.15, -0.1) is 0 Å². The minimum Gasteiger partial charge on any atom is -0.497 e. The molecule has 138 valence electrons. The summed E-state index contributed by atoms with van der Waals surface area (Å²) in [6.07, 6.45) is 0.214. The third-order valence-corrected chi connectivity index (χ3v) is 4.34. The van der Waals surface area contributed by atoms with Gasteiger partial charge in [-0.1, -0.05) is 12.1 Å². The highest BCUT2D eigenvalue weighted by atomic mass is 19.1. The average molecular weight is 358 g/mol. The third-order valence-electron chi connectivity index (χ3n) is 4.34. The van der Waals surface area contributed by atoms with Crippen molar-refractivity contribution >= 4 is 11.8 Å². The zero-order chi connectivity index (χ0) is 19.3. The van der Waals surface area contributed by atoms with E-state index in [-0.39, 0.29) is 24.3 Å². The zero-order valence-corrected chi connectivity index (χ0v) is 15.4. The van der Waals surface area contributed by atoms with Crippen molar-refractivity contribution in [3.05, 3.63) is 53.8 Å². The number of hydrogen-bond donors (Lipinski definition) is 1. The third kappa shape index (κ3) is 4.39. The summed E-state index contributed by atoms with van der Waals surface area (Å²) >= 11 is 0. The number of nitrogens with zero attached hydrogens (tertiary/aromatic N) is 1. The van der Waals surface area contributed by atoms with Crippen molar-refractivity contribution in [3.63, 3.8) is 0 Å². The molecule has 6 heteroatoms. The summed E-state index contributed by atoms with van der Waals surface area (Å²) < 4.78 is 19.3. The van der Waals surface area contributed by atoms with Gasteiger partial charge < -0.3 is 15.0 Å². The Balaban J connectivity index is 2.25. The van der Waals surface area contributed by atoms with Crippen LogP contribution in [0, 0.1) is 5.82 Å². The number of methoxy groups -OCH3 is 1. The van der Waals surface area contributed by atoms with Crippen molar-refractivity contribution in [1.82, 2.24) is 10.2 Å². The van der Waals surface area contributed by atoms with Gasteiger partial charge in [0.1, 0.15) is 11.6 Å². The van der Waals surface area contributed by atoms with E-state index in [0.717, 1.165) is 0 Å². The van der Waals surface area contributed by atoms with Gasteiger partial charge in [0.05, 0.1) is 7.11 Å². The monoisotopic (exact) mass is 358 g/mol. The first-order valence-corrected chi connectivity index (χ1v) is 8.29. The first-order chi connectivity index (χ1) is 12.4. The van der Waals surface area contributed by atoms with Gasteiger partial charge in [0.15, 0.2) is 0 Å². The van der Waals surface area contributed by atoms with Crippen molar-refractivity contribution in [2.75, 3.05) is 21.2 Å². The van der Waals surface area contributed by atoms with E-state index in [9.17, 15) is 14.0 Å². The molecule has 0 aliphatic rings. The number of halogens is 1. The summed E-state index contributed by atoms with van der Waals surface area (Å²) in [6.45, 7) is 1.81. The van der Waals surface area contributed by atoms with Crippen molar-refractivity contribution in [1.29, 1.82) is 0 Å². The lowest BCUT2D eigenvalue weighted by molar-refractivity contribution is -0.121. The van der Waals surface area contributed by atoms with Crippen LogP contribution in [0.3, 0.4) is 0 Å². The summed E-state index contributed by atoms with van der Waals surface area (Å²) in [4.78, 5) is 25.7. The fraction of sp³-hybridized carbons (Fsp3) is 0.300. The molecule has 26 heavy (non-hydrogen) atoms. The maximum absolute atomic E-state index is 14.3. The number of hydrogen-bond acceptors (Lipinski definition) is 3. The van der Waals surface area contributed by atoms with Crippen LogP contribution in [-0.2, 0) is 4.79 Å². The van der Waals surface area contributed by atoms with E-state index in [1.54, 1.807) is 57.4 Å². The fourth-order valence-corrected chi connectivity index (χ4v) is 2.59. The second-order valence-corrected chi connectivity index (χ2v) is 6.07. The van der Waals surface area contributed by atoms with Crippen molar-refractivity contribution in [3.8, 4) is 16.9 Å². The van der Waals surface area contributed by atoms with Crippen LogP contribution in [0.5, 0.6) is 5.75 Å². The predicted molar refractivity (Wildman–Crippen MR) is 98.6 cm³/mol. The first-order valence-electron chi connectivity index (χ1n) is 8.29. The lowest BCUT2D eigenvalue weighted by Gasteiger charge is -2.24. The highest BCUT2D eigenvalue weighted by Crippen LogP contribution is 2.27. The number of nitrogens with one attached hydrogen (secondary N) is 1. The summed E-state index contributed by atoms with van der Waals surface area (Å²) in [6, 6.07) is 11.1. The quantitative estimate of drug-likeness (QED) is 0.863. The second kappa shape index (κ2) is 8.47. The Kier molecular flexibility index (Phi) is 6.33. The molecule has 1 unspecified atom stereocenters. The standard InChI is InChI=1S/C20H23FN2O3/c1-13(10-19(24)22-2)23(3)20(25)15-7-5-6-14(11-15)17-9-8-16(26-4)12-18(17)21/h5-9,11-13H,10H2,1-4H3,(H,22,24). The lowest BCUT2D eigenvalue weighted by atomic mass is 10.0. The van der Waals surface area contributed by atoms with Gasteiger partial charge in [-0.3, -0.25) is 9.59 Å². The topological polar surface area (TPSA) is 58.6 Å². The Bertz CT molecular complexity index is 807. The van der Waals surface area contributed by atoms with E-state index in [1.165, 1.54) is 18.1 Å². The molecule has 0 aliphatic heterocycles. The van der Waals surface area contributed by atoms with Crippen LogP contribution in [-0.4, -0.2) is 44.0 Å². The molecule has 2 aromatic carbocycles. The second-order valence-electron chi connectivity index (χ2n) is 6.07. The van der Waals surface area contributed by atoms with Gasteiger partial charge >= 0.3 is 0 Å². The fourth-order valence-electron chi connectivity index (χ4n) is 2.59. The van der Waals surface area contributed by atoms with E-state index in [1.807, 2.05) is 0 Å². The van der Waals surface area contributed by atoms with E-state index >= 15 is 0 Å². The predicted octanol–water partition coefficient (Wildman–Crippen LogP) is 3.10. The Labute approximate surface area is 152 Å². The molecule has 0 heterocycles. The minimum atomic E-state index is -0.421. The largest absolute Gasteiger partial charge is 0.497 e. The normalized spacial score (nSPS) is 11.6. The van der Waals surface area contributed by atoms with Gasteiger partial charge in [-0.05, 0) is 36.8 Å². The van der Waals surface area contributed by atoms with Crippen molar-refractivity contribution < 1.29 is 18.7 Å². The van der Waals surface area contributed by atoms with Gasteiger partial charge in [0, 0.05) is 43.8 Å². The molecule has 0 bridgehead atoms. The summed E-state index contributed by atoms with van der Waals surface area (Å²) in [5, 5.41) is 2.55. The first kappa shape index (κ1) is 19.4. The van der Waals surface area contributed by atoms with E-state index in [0.29, 0.717) is 22.4 Å². The van der Waals surface area contributed by atoms with Crippen LogP contribution in [0.15, 0.2) is 42.5 Å². The van der Waals surface area contributed by atoms with E-state index in [4.69, 9.17) is 4.74 Å². The molecule has 0 aliphatic carbocycles. The number of amides is 2. The number of benzene rings is 2.